The van der Waals surface area contributed by atoms with Crippen molar-refractivity contribution in [3.05, 3.63) is 30.6 Å². The summed E-state index contributed by atoms with van der Waals surface area (Å²) in [5.41, 5.74) is 7.92. The fraction of sp³-hybridized carbons (Fsp3) is 0.375. The van der Waals surface area contributed by atoms with E-state index in [9.17, 15) is 4.79 Å². The molecule has 1 amide bonds. The topological polar surface area (TPSA) is 62.5 Å². The zero-order valence-electron chi connectivity index (χ0n) is 12.8. The molecule has 0 bridgehead atoms. The lowest BCUT2D eigenvalue weighted by Crippen LogP contribution is -2.37. The fourth-order valence-electron chi connectivity index (χ4n) is 2.32. The number of rotatable bonds is 5. The maximum Gasteiger partial charge on any atom is 0.241 e. The van der Waals surface area contributed by atoms with E-state index >= 15 is 0 Å². The molecule has 0 aliphatic heterocycles. The van der Waals surface area contributed by atoms with Crippen LogP contribution in [-0.2, 0) is 4.79 Å². The van der Waals surface area contributed by atoms with E-state index in [1.807, 2.05) is 23.1 Å². The van der Waals surface area contributed by atoms with E-state index in [0.717, 1.165) is 29.4 Å². The number of hydrogen-bond acceptors (Lipinski definition) is 4. The number of nitrogens with two attached hydrogens (primary N) is 1. The molecule has 1 heterocycles. The van der Waals surface area contributed by atoms with Gasteiger partial charge in [0.2, 0.25) is 5.91 Å². The Kier molecular flexibility index (Phi) is 4.62. The Morgan fingerprint density at radius 1 is 1.29 bits per heavy atom. The maximum atomic E-state index is 12.0. The zero-order chi connectivity index (χ0) is 15.4. The third kappa shape index (κ3) is 3.24. The lowest BCUT2D eigenvalue weighted by molar-refractivity contribution is -0.127. The number of nitrogen functional groups attached to an aromatic ring is 1. The van der Waals surface area contributed by atoms with Gasteiger partial charge in [-0.3, -0.25) is 9.78 Å². The summed E-state index contributed by atoms with van der Waals surface area (Å²) in [6.45, 7) is 3.22. The van der Waals surface area contributed by atoms with Crippen LogP contribution in [0.1, 0.15) is 13.3 Å². The molecule has 0 saturated heterocycles. The molecule has 1 aromatic heterocycles. The number of amides is 1. The summed E-state index contributed by atoms with van der Waals surface area (Å²) < 4.78 is 0. The van der Waals surface area contributed by atoms with Crippen LogP contribution in [0.2, 0.25) is 0 Å². The highest BCUT2D eigenvalue weighted by molar-refractivity contribution is 5.99. The standard InChI is InChI=1S/C16H22N4O/c1-4-9-20(11-15(21)19(2)3)14-6-5-12-10-18-8-7-13(12)16(14)17/h5-8,10H,4,9,11,17H2,1-3H3. The van der Waals surface area contributed by atoms with E-state index in [2.05, 4.69) is 11.9 Å². The van der Waals surface area contributed by atoms with Gasteiger partial charge < -0.3 is 15.5 Å². The van der Waals surface area contributed by atoms with Gasteiger partial charge in [0.25, 0.3) is 0 Å². The van der Waals surface area contributed by atoms with Gasteiger partial charge in [-0.05, 0) is 18.6 Å². The van der Waals surface area contributed by atoms with E-state index in [4.69, 9.17) is 5.73 Å². The van der Waals surface area contributed by atoms with Crippen LogP contribution >= 0.6 is 0 Å². The van der Waals surface area contributed by atoms with Crippen LogP contribution in [0.25, 0.3) is 10.8 Å². The number of fused-ring (bicyclic) bond motifs is 1. The molecule has 21 heavy (non-hydrogen) atoms. The Morgan fingerprint density at radius 2 is 2.05 bits per heavy atom. The second-order valence-corrected chi connectivity index (χ2v) is 5.30. The predicted molar refractivity (Wildman–Crippen MR) is 87.4 cm³/mol. The van der Waals surface area contributed by atoms with Gasteiger partial charge in [0.05, 0.1) is 17.9 Å². The van der Waals surface area contributed by atoms with Crippen LogP contribution < -0.4 is 10.6 Å². The number of aromatic nitrogens is 1. The summed E-state index contributed by atoms with van der Waals surface area (Å²) in [6.07, 6.45) is 4.48. The second-order valence-electron chi connectivity index (χ2n) is 5.30. The minimum absolute atomic E-state index is 0.0673. The highest BCUT2D eigenvalue weighted by Crippen LogP contribution is 2.31. The number of likely N-dealkylation sites (N-methyl/N-ethyl adjacent to an activating group) is 1. The molecule has 0 fully saturated rings. The highest BCUT2D eigenvalue weighted by atomic mass is 16.2. The molecule has 0 atom stereocenters. The highest BCUT2D eigenvalue weighted by Gasteiger charge is 2.16. The van der Waals surface area contributed by atoms with Gasteiger partial charge in [0.1, 0.15) is 0 Å². The van der Waals surface area contributed by atoms with Crippen LogP contribution in [0.5, 0.6) is 0 Å². The van der Waals surface area contributed by atoms with Gasteiger partial charge in [-0.1, -0.05) is 13.0 Å². The van der Waals surface area contributed by atoms with E-state index in [1.54, 1.807) is 31.4 Å². The maximum absolute atomic E-state index is 12.0. The number of hydrogen-bond donors (Lipinski definition) is 1. The minimum Gasteiger partial charge on any atom is -0.397 e. The van der Waals surface area contributed by atoms with Crippen LogP contribution in [0.15, 0.2) is 30.6 Å². The number of anilines is 2. The van der Waals surface area contributed by atoms with Crippen molar-refractivity contribution in [1.82, 2.24) is 9.88 Å². The Morgan fingerprint density at radius 3 is 2.71 bits per heavy atom. The number of benzene rings is 1. The molecule has 1 aromatic carbocycles. The first-order valence-electron chi connectivity index (χ1n) is 7.12. The molecule has 0 radical (unpaired) electrons. The lowest BCUT2D eigenvalue weighted by Gasteiger charge is -2.27. The molecule has 112 valence electrons. The van der Waals surface area contributed by atoms with Crippen LogP contribution in [0.3, 0.4) is 0 Å². The molecule has 0 spiro atoms. The largest absolute Gasteiger partial charge is 0.397 e. The van der Waals surface area contributed by atoms with E-state index in [1.165, 1.54) is 0 Å². The summed E-state index contributed by atoms with van der Waals surface area (Å²) in [7, 11) is 3.53. The second kappa shape index (κ2) is 6.43. The first kappa shape index (κ1) is 15.1. The Hall–Kier alpha value is -2.30. The molecular weight excluding hydrogens is 264 g/mol. The van der Waals surface area contributed by atoms with Crippen molar-refractivity contribution in [3.8, 4) is 0 Å². The summed E-state index contributed by atoms with van der Waals surface area (Å²) in [5.74, 6) is 0.0673. The smallest absolute Gasteiger partial charge is 0.241 e. The average molecular weight is 286 g/mol. The molecule has 0 aliphatic rings. The molecule has 0 aliphatic carbocycles. The van der Waals surface area contributed by atoms with Crippen molar-refractivity contribution < 1.29 is 4.79 Å². The third-order valence-corrected chi connectivity index (χ3v) is 3.50. The van der Waals surface area contributed by atoms with E-state index in [0.29, 0.717) is 12.2 Å². The van der Waals surface area contributed by atoms with Crippen molar-refractivity contribution in [1.29, 1.82) is 0 Å². The summed E-state index contributed by atoms with van der Waals surface area (Å²) >= 11 is 0. The number of carbonyl (C=O) groups is 1. The van der Waals surface area contributed by atoms with Crippen molar-refractivity contribution in [2.75, 3.05) is 37.8 Å². The summed E-state index contributed by atoms with van der Waals surface area (Å²) in [6, 6.07) is 5.88. The monoisotopic (exact) mass is 286 g/mol. The molecule has 5 nitrogen and oxygen atoms in total. The Labute approximate surface area is 125 Å². The third-order valence-electron chi connectivity index (χ3n) is 3.50. The number of nitrogens with zero attached hydrogens (tertiary/aromatic N) is 3. The summed E-state index contributed by atoms with van der Waals surface area (Å²) in [5, 5.41) is 1.98. The normalized spacial score (nSPS) is 10.6. The molecular formula is C16H22N4O. The fourth-order valence-corrected chi connectivity index (χ4v) is 2.32. The Bertz CT molecular complexity index is 639. The quantitative estimate of drug-likeness (QED) is 0.855. The SMILES string of the molecule is CCCN(CC(=O)N(C)C)c1ccc2cnccc2c1N. The molecule has 2 aromatic rings. The molecule has 2 rings (SSSR count). The van der Waals surface area contributed by atoms with Gasteiger partial charge in [0, 0.05) is 43.8 Å². The first-order chi connectivity index (χ1) is 10.0. The molecule has 0 unspecified atom stereocenters. The van der Waals surface area contributed by atoms with Crippen molar-refractivity contribution >= 4 is 28.1 Å². The van der Waals surface area contributed by atoms with Crippen molar-refractivity contribution in [2.24, 2.45) is 0 Å². The number of pyridine rings is 1. The molecule has 5 heteroatoms. The van der Waals surface area contributed by atoms with Gasteiger partial charge in [-0.15, -0.1) is 0 Å². The van der Waals surface area contributed by atoms with E-state index in [-0.39, 0.29) is 5.91 Å². The van der Waals surface area contributed by atoms with Crippen LogP contribution in [0, 0.1) is 0 Å². The van der Waals surface area contributed by atoms with E-state index < -0.39 is 0 Å². The minimum atomic E-state index is 0.0673. The van der Waals surface area contributed by atoms with Crippen molar-refractivity contribution in [3.63, 3.8) is 0 Å². The lowest BCUT2D eigenvalue weighted by atomic mass is 10.1. The summed E-state index contributed by atoms with van der Waals surface area (Å²) in [4.78, 5) is 19.8. The zero-order valence-corrected chi connectivity index (χ0v) is 12.8. The van der Waals surface area contributed by atoms with Crippen LogP contribution in [-0.4, -0.2) is 43.0 Å². The van der Waals surface area contributed by atoms with Gasteiger partial charge >= 0.3 is 0 Å². The van der Waals surface area contributed by atoms with Gasteiger partial charge in [-0.2, -0.15) is 0 Å². The van der Waals surface area contributed by atoms with Gasteiger partial charge in [0.15, 0.2) is 0 Å². The van der Waals surface area contributed by atoms with Gasteiger partial charge in [-0.25, -0.2) is 0 Å². The number of carbonyl (C=O) groups excluding carboxylic acids is 1. The van der Waals surface area contributed by atoms with Crippen LogP contribution in [0.4, 0.5) is 11.4 Å². The molecule has 0 saturated carbocycles. The van der Waals surface area contributed by atoms with Crippen molar-refractivity contribution in [2.45, 2.75) is 13.3 Å². The molecule has 2 N–H and O–H groups in total. The predicted octanol–water partition coefficient (Wildman–Crippen LogP) is 2.12. The Balaban J connectivity index is 2.40. The first-order valence-corrected chi connectivity index (χ1v) is 7.12. The average Bonchev–Trinajstić information content (AvgIpc) is 2.47.